The highest BCUT2D eigenvalue weighted by Crippen LogP contribution is 2.43. The second-order valence-corrected chi connectivity index (χ2v) is 8.74. The average molecular weight is 475 g/mol. The number of nitrogens with one attached hydrogen (secondary N) is 1. The molecule has 8 nitrogen and oxygen atoms in total. The fourth-order valence-electron chi connectivity index (χ4n) is 4.40. The Morgan fingerprint density at radius 1 is 1.33 bits per heavy atom. The van der Waals surface area contributed by atoms with E-state index in [1.807, 2.05) is 6.07 Å². The number of aromatic nitrogens is 2. The van der Waals surface area contributed by atoms with E-state index >= 15 is 0 Å². The van der Waals surface area contributed by atoms with E-state index in [0.29, 0.717) is 17.0 Å². The Kier molecular flexibility index (Phi) is 7.72. The van der Waals surface area contributed by atoms with Gasteiger partial charge in [-0.05, 0) is 58.0 Å². The van der Waals surface area contributed by atoms with Gasteiger partial charge in [-0.25, -0.2) is 14.4 Å². The van der Waals surface area contributed by atoms with Gasteiger partial charge in [0.2, 0.25) is 0 Å². The van der Waals surface area contributed by atoms with E-state index in [2.05, 4.69) is 20.2 Å². The van der Waals surface area contributed by atoms with Gasteiger partial charge in [0.05, 0.1) is 17.8 Å². The summed E-state index contributed by atoms with van der Waals surface area (Å²) in [5, 5.41) is 12.5. The molecular weight excluding hydrogens is 447 g/mol. The third-order valence-corrected chi connectivity index (χ3v) is 6.19. The van der Waals surface area contributed by atoms with Gasteiger partial charge in [0.25, 0.3) is 5.91 Å². The van der Waals surface area contributed by atoms with Crippen molar-refractivity contribution < 1.29 is 13.9 Å². The first-order valence-electron chi connectivity index (χ1n) is 10.8. The molecular formula is C23H28ClFN6O2. The number of carbonyl (C=O) groups is 1. The van der Waals surface area contributed by atoms with Crippen LogP contribution in [0.5, 0.6) is 11.5 Å². The van der Waals surface area contributed by atoms with Crippen molar-refractivity contribution in [3.8, 4) is 17.6 Å². The lowest BCUT2D eigenvalue weighted by Gasteiger charge is -2.53. The van der Waals surface area contributed by atoms with E-state index in [9.17, 15) is 9.18 Å². The minimum absolute atomic E-state index is 0. The van der Waals surface area contributed by atoms with Crippen LogP contribution < -0.4 is 15.0 Å². The van der Waals surface area contributed by atoms with Crippen LogP contribution in [0.1, 0.15) is 37.0 Å². The first-order chi connectivity index (χ1) is 15.4. The smallest absolute Gasteiger partial charge is 0.258 e. The highest BCUT2D eigenvalue weighted by molar-refractivity contribution is 5.97. The van der Waals surface area contributed by atoms with Gasteiger partial charge in [0.1, 0.15) is 24.4 Å². The quantitative estimate of drug-likeness (QED) is 0.641. The summed E-state index contributed by atoms with van der Waals surface area (Å²) in [6.45, 7) is 7.34. The number of benzene rings is 1. The molecule has 2 aliphatic rings. The van der Waals surface area contributed by atoms with Crippen molar-refractivity contribution in [1.82, 2.24) is 20.2 Å². The number of piperidine rings is 1. The maximum absolute atomic E-state index is 14.0. The van der Waals surface area contributed by atoms with Crippen LogP contribution in [0.4, 0.5) is 10.2 Å². The predicted molar refractivity (Wildman–Crippen MR) is 124 cm³/mol. The SMILES string of the molecule is CC(C)N(CC#N)C(=O)c1cc(F)ccc1Oc1cncnc1N1CC2(CCNCC2)C1.Cl. The largest absolute Gasteiger partial charge is 0.451 e. The molecule has 3 heterocycles. The van der Waals surface area contributed by atoms with E-state index < -0.39 is 11.7 Å². The highest BCUT2D eigenvalue weighted by atomic mass is 35.5. The predicted octanol–water partition coefficient (Wildman–Crippen LogP) is 3.39. The molecule has 0 unspecified atom stereocenters. The lowest BCUT2D eigenvalue weighted by Crippen LogP contribution is -2.60. The zero-order chi connectivity index (χ0) is 22.7. The van der Waals surface area contributed by atoms with Crippen molar-refractivity contribution in [1.29, 1.82) is 5.26 Å². The summed E-state index contributed by atoms with van der Waals surface area (Å²) in [6, 6.07) is 5.57. The Morgan fingerprint density at radius 2 is 2.06 bits per heavy atom. The molecule has 10 heteroatoms. The summed E-state index contributed by atoms with van der Waals surface area (Å²) in [7, 11) is 0. The van der Waals surface area contributed by atoms with Gasteiger partial charge in [-0.15, -0.1) is 12.4 Å². The summed E-state index contributed by atoms with van der Waals surface area (Å²) in [4.78, 5) is 25.1. The zero-order valence-corrected chi connectivity index (χ0v) is 19.6. The normalized spacial score (nSPS) is 16.5. The van der Waals surface area contributed by atoms with Crippen LogP contribution in [-0.4, -0.2) is 59.5 Å². The van der Waals surface area contributed by atoms with Crippen molar-refractivity contribution in [2.24, 2.45) is 5.41 Å². The van der Waals surface area contributed by atoms with E-state index in [0.717, 1.165) is 45.1 Å². The fourth-order valence-corrected chi connectivity index (χ4v) is 4.40. The molecule has 33 heavy (non-hydrogen) atoms. The molecule has 176 valence electrons. The summed E-state index contributed by atoms with van der Waals surface area (Å²) < 4.78 is 20.1. The number of amides is 1. The van der Waals surface area contributed by atoms with Gasteiger partial charge in [0, 0.05) is 24.5 Å². The molecule has 2 aromatic rings. The molecule has 0 radical (unpaired) electrons. The number of rotatable bonds is 6. The molecule has 1 aromatic heterocycles. The molecule has 0 aliphatic carbocycles. The average Bonchev–Trinajstić information content (AvgIpc) is 2.77. The van der Waals surface area contributed by atoms with Crippen molar-refractivity contribution in [3.63, 3.8) is 0 Å². The van der Waals surface area contributed by atoms with Crippen molar-refractivity contribution in [2.75, 3.05) is 37.6 Å². The van der Waals surface area contributed by atoms with Crippen molar-refractivity contribution in [3.05, 3.63) is 42.1 Å². The van der Waals surface area contributed by atoms with Crippen LogP contribution >= 0.6 is 12.4 Å². The number of nitrogens with zero attached hydrogens (tertiary/aromatic N) is 5. The Balaban J connectivity index is 0.00000306. The molecule has 0 saturated carbocycles. The Morgan fingerprint density at radius 3 is 2.73 bits per heavy atom. The number of anilines is 1. The molecule has 0 bridgehead atoms. The third-order valence-electron chi connectivity index (χ3n) is 6.19. The van der Waals surface area contributed by atoms with Gasteiger partial charge in [0.15, 0.2) is 11.6 Å². The van der Waals surface area contributed by atoms with Gasteiger partial charge < -0.3 is 19.9 Å². The maximum Gasteiger partial charge on any atom is 0.258 e. The molecule has 4 rings (SSSR count). The lowest BCUT2D eigenvalue weighted by molar-refractivity contribution is 0.0728. The van der Waals surface area contributed by atoms with E-state index in [4.69, 9.17) is 10.00 Å². The topological polar surface area (TPSA) is 94.4 Å². The van der Waals surface area contributed by atoms with Crippen LogP contribution in [0.3, 0.4) is 0 Å². The van der Waals surface area contributed by atoms with Crippen molar-refractivity contribution in [2.45, 2.75) is 32.7 Å². The van der Waals surface area contributed by atoms with E-state index in [1.165, 1.54) is 23.4 Å². The molecule has 2 saturated heterocycles. The number of hydrogen-bond donors (Lipinski definition) is 1. The summed E-state index contributed by atoms with van der Waals surface area (Å²) in [5.41, 5.74) is 0.363. The summed E-state index contributed by atoms with van der Waals surface area (Å²) in [5.74, 6) is 0.250. The monoisotopic (exact) mass is 474 g/mol. The van der Waals surface area contributed by atoms with Gasteiger partial charge >= 0.3 is 0 Å². The van der Waals surface area contributed by atoms with E-state index in [-0.39, 0.29) is 36.3 Å². The van der Waals surface area contributed by atoms with E-state index in [1.54, 1.807) is 20.0 Å². The molecule has 1 aromatic carbocycles. The lowest BCUT2D eigenvalue weighted by atomic mass is 9.72. The number of nitriles is 1. The second-order valence-electron chi connectivity index (χ2n) is 8.74. The number of ether oxygens (including phenoxy) is 1. The number of hydrogen-bond acceptors (Lipinski definition) is 7. The minimum Gasteiger partial charge on any atom is -0.451 e. The van der Waals surface area contributed by atoms with Gasteiger partial charge in [-0.1, -0.05) is 0 Å². The fraction of sp³-hybridized carbons (Fsp3) is 0.478. The summed E-state index contributed by atoms with van der Waals surface area (Å²) in [6.07, 6.45) is 5.29. The highest BCUT2D eigenvalue weighted by Gasteiger charge is 2.44. The van der Waals surface area contributed by atoms with Crippen LogP contribution in [0.25, 0.3) is 0 Å². The first-order valence-corrected chi connectivity index (χ1v) is 10.8. The second kappa shape index (κ2) is 10.3. The molecule has 0 atom stereocenters. The van der Waals surface area contributed by atoms with Crippen LogP contribution in [0.15, 0.2) is 30.7 Å². The Labute approximate surface area is 199 Å². The molecule has 1 spiro atoms. The van der Waals surface area contributed by atoms with Crippen LogP contribution in [0, 0.1) is 22.6 Å². The summed E-state index contributed by atoms with van der Waals surface area (Å²) >= 11 is 0. The standard InChI is InChI=1S/C23H27FN6O2.ClH/c1-16(2)30(10-7-25)22(31)18-11-17(24)3-4-19(18)32-20-12-27-15-28-21(20)29-13-23(14-29)5-8-26-9-6-23;/h3-4,11-12,15-16,26H,5-6,8-10,13-14H2,1-2H3;1H. The van der Waals surface area contributed by atoms with Crippen LogP contribution in [0.2, 0.25) is 0 Å². The molecule has 2 aliphatic heterocycles. The van der Waals surface area contributed by atoms with Gasteiger partial charge in [-0.2, -0.15) is 5.26 Å². The first kappa shape index (κ1) is 24.7. The van der Waals surface area contributed by atoms with Crippen molar-refractivity contribution >= 4 is 24.1 Å². The Bertz CT molecular complexity index is 1030. The third kappa shape index (κ3) is 5.18. The molecule has 1 amide bonds. The zero-order valence-electron chi connectivity index (χ0n) is 18.8. The number of halogens is 2. The maximum atomic E-state index is 14.0. The molecule has 2 fully saturated rings. The van der Waals surface area contributed by atoms with Gasteiger partial charge in [-0.3, -0.25) is 4.79 Å². The minimum atomic E-state index is -0.554. The molecule has 1 N–H and O–H groups in total. The van der Waals surface area contributed by atoms with Crippen LogP contribution in [-0.2, 0) is 0 Å². The number of carbonyl (C=O) groups excluding carboxylic acids is 1. The Hall–Kier alpha value is -2.96.